The van der Waals surface area contributed by atoms with Crippen LogP contribution in [-0.2, 0) is 11.3 Å². The number of hydrogen-bond donors (Lipinski definition) is 0. The quantitative estimate of drug-likeness (QED) is 0.430. The topological polar surface area (TPSA) is 126 Å². The maximum absolute atomic E-state index is 12.7. The largest absolute Gasteiger partial charge is 0.355 e. The van der Waals surface area contributed by atoms with Crippen molar-refractivity contribution in [3.8, 4) is 5.69 Å². The second kappa shape index (κ2) is 11.2. The SMILES string of the molecule is COC1C(C)=NN=C2CN(C)C(=O)c3cc(C)c(C)cc3N21.Cc1cc2c(cc1C)-n1c(nnc(C)c1=O)CN(C)C2=O. The lowest BCUT2D eigenvalue weighted by Crippen LogP contribution is -2.50. The number of hydrogen-bond acceptors (Lipinski definition) is 9. The highest BCUT2D eigenvalue weighted by molar-refractivity contribution is 6.15. The Balaban J connectivity index is 0.000000171. The van der Waals surface area contributed by atoms with Crippen molar-refractivity contribution in [2.75, 3.05) is 32.6 Å². The molecular weight excluding hydrogens is 548 g/mol. The third-order valence-electron chi connectivity index (χ3n) is 8.14. The van der Waals surface area contributed by atoms with Crippen molar-refractivity contribution in [1.29, 1.82) is 0 Å². The van der Waals surface area contributed by atoms with Crippen LogP contribution in [0.5, 0.6) is 0 Å². The molecule has 6 rings (SSSR count). The van der Waals surface area contributed by atoms with Gasteiger partial charge in [0.2, 0.25) is 0 Å². The van der Waals surface area contributed by atoms with E-state index in [1.54, 1.807) is 37.9 Å². The van der Waals surface area contributed by atoms with E-state index in [1.165, 1.54) is 4.57 Å². The minimum absolute atomic E-state index is 0.0114. The molecule has 12 heteroatoms. The Morgan fingerprint density at radius 2 is 1.26 bits per heavy atom. The number of aromatic nitrogens is 3. The molecule has 3 aliphatic heterocycles. The zero-order valence-electron chi connectivity index (χ0n) is 26.0. The number of likely N-dealkylation sites (N-methyl/N-ethyl adjacent to an activating group) is 1. The number of carbonyl (C=O) groups excluding carboxylic acids is 2. The van der Waals surface area contributed by atoms with Crippen LogP contribution in [0.25, 0.3) is 5.69 Å². The lowest BCUT2D eigenvalue weighted by molar-refractivity contribution is 0.0784. The molecular formula is C31H36N8O4. The van der Waals surface area contributed by atoms with Crippen LogP contribution in [0, 0.1) is 34.6 Å². The van der Waals surface area contributed by atoms with E-state index in [2.05, 4.69) is 20.4 Å². The van der Waals surface area contributed by atoms with Crippen molar-refractivity contribution in [1.82, 2.24) is 24.6 Å². The Labute approximate surface area is 250 Å². The molecule has 0 aliphatic carbocycles. The number of anilines is 1. The third-order valence-corrected chi connectivity index (χ3v) is 8.14. The summed E-state index contributed by atoms with van der Waals surface area (Å²) in [4.78, 5) is 42.9. The van der Waals surface area contributed by atoms with E-state index in [0.29, 0.717) is 34.9 Å². The maximum atomic E-state index is 12.7. The molecule has 0 fully saturated rings. The first-order valence-corrected chi connectivity index (χ1v) is 14.0. The Hall–Kier alpha value is -4.71. The van der Waals surface area contributed by atoms with Crippen LogP contribution >= 0.6 is 0 Å². The molecule has 12 nitrogen and oxygen atoms in total. The predicted octanol–water partition coefficient (Wildman–Crippen LogP) is 3.09. The van der Waals surface area contributed by atoms with Gasteiger partial charge in [-0.2, -0.15) is 5.10 Å². The number of carbonyl (C=O) groups is 2. The van der Waals surface area contributed by atoms with Gasteiger partial charge >= 0.3 is 0 Å². The number of rotatable bonds is 1. The second-order valence-corrected chi connectivity index (χ2v) is 11.3. The summed E-state index contributed by atoms with van der Waals surface area (Å²) in [5, 5.41) is 16.4. The van der Waals surface area contributed by atoms with Crippen LogP contribution in [0.3, 0.4) is 0 Å². The van der Waals surface area contributed by atoms with Crippen LogP contribution in [-0.4, -0.2) is 81.9 Å². The molecule has 224 valence electrons. The fourth-order valence-electron chi connectivity index (χ4n) is 5.36. The number of nitrogens with zero attached hydrogens (tertiary/aromatic N) is 8. The first kappa shape index (κ1) is 29.8. The molecule has 0 radical (unpaired) electrons. The molecule has 0 N–H and O–H groups in total. The minimum Gasteiger partial charge on any atom is -0.355 e. The highest BCUT2D eigenvalue weighted by Gasteiger charge is 2.36. The van der Waals surface area contributed by atoms with Crippen molar-refractivity contribution in [3.05, 3.63) is 79.5 Å². The van der Waals surface area contributed by atoms with Crippen molar-refractivity contribution in [2.24, 2.45) is 10.2 Å². The van der Waals surface area contributed by atoms with Gasteiger partial charge in [0.25, 0.3) is 17.4 Å². The summed E-state index contributed by atoms with van der Waals surface area (Å²) >= 11 is 0. The van der Waals surface area contributed by atoms with Crippen molar-refractivity contribution < 1.29 is 14.3 Å². The predicted molar refractivity (Wildman–Crippen MR) is 164 cm³/mol. The Morgan fingerprint density at radius 1 is 0.721 bits per heavy atom. The molecule has 2 aromatic carbocycles. The summed E-state index contributed by atoms with van der Waals surface area (Å²) in [6.45, 7) is 12.1. The summed E-state index contributed by atoms with van der Waals surface area (Å²) in [5.41, 5.74) is 7.75. The van der Waals surface area contributed by atoms with Crippen LogP contribution in [0.2, 0.25) is 0 Å². The fraction of sp³-hybridized carbons (Fsp3) is 0.387. The van der Waals surface area contributed by atoms with Gasteiger partial charge in [0.05, 0.1) is 41.3 Å². The average molecular weight is 585 g/mol. The summed E-state index contributed by atoms with van der Waals surface area (Å²) < 4.78 is 7.12. The highest BCUT2D eigenvalue weighted by atomic mass is 16.5. The van der Waals surface area contributed by atoms with E-state index < -0.39 is 0 Å². The number of aryl methyl sites for hydroxylation is 5. The summed E-state index contributed by atoms with van der Waals surface area (Å²) in [7, 11) is 5.12. The standard InChI is InChI=1S/C16H20N4O2.C15H16N4O2/c1-9-6-12-13(7-10(9)2)20-14(8-19(4)15(12)21)18-17-11(3)16(20)22-5;1-8-5-11-12(6-9(8)2)19-13(7-18(4)15(11)21)17-16-10(3)14(19)20/h6-7,16H,8H2,1-5H3;5-6H,7H2,1-4H3. The highest BCUT2D eigenvalue weighted by Crippen LogP contribution is 2.32. The maximum Gasteiger partial charge on any atom is 0.279 e. The van der Waals surface area contributed by atoms with Crippen molar-refractivity contribution in [3.63, 3.8) is 0 Å². The van der Waals surface area contributed by atoms with Crippen LogP contribution in [0.1, 0.15) is 61.4 Å². The van der Waals surface area contributed by atoms with Gasteiger partial charge in [-0.25, -0.2) is 0 Å². The molecule has 1 aromatic heterocycles. The van der Waals surface area contributed by atoms with E-state index in [4.69, 9.17) is 4.74 Å². The van der Waals surface area contributed by atoms with Gasteiger partial charge in [-0.15, -0.1) is 15.3 Å². The molecule has 43 heavy (non-hydrogen) atoms. The van der Waals surface area contributed by atoms with Gasteiger partial charge in [-0.1, -0.05) is 0 Å². The zero-order chi connectivity index (χ0) is 31.3. The molecule has 2 amide bonds. The molecule has 0 bridgehead atoms. The van der Waals surface area contributed by atoms with E-state index in [0.717, 1.165) is 39.5 Å². The number of benzene rings is 2. The van der Waals surface area contributed by atoms with Crippen molar-refractivity contribution >= 4 is 29.0 Å². The van der Waals surface area contributed by atoms with E-state index in [-0.39, 0.29) is 30.1 Å². The summed E-state index contributed by atoms with van der Waals surface area (Å²) in [5.74, 6) is 1.07. The number of ether oxygens (including phenoxy) is 1. The van der Waals surface area contributed by atoms with Crippen LogP contribution < -0.4 is 10.5 Å². The molecule has 3 aromatic rings. The third kappa shape index (κ3) is 5.11. The Morgan fingerprint density at radius 3 is 1.86 bits per heavy atom. The lowest BCUT2D eigenvalue weighted by Gasteiger charge is -2.34. The molecule has 1 atom stereocenters. The van der Waals surface area contributed by atoms with E-state index >= 15 is 0 Å². The number of amidine groups is 1. The lowest BCUT2D eigenvalue weighted by atomic mass is 10.0. The smallest absolute Gasteiger partial charge is 0.279 e. The number of amides is 2. The molecule has 4 heterocycles. The molecule has 3 aliphatic rings. The van der Waals surface area contributed by atoms with Gasteiger partial charge in [-0.05, 0) is 88.1 Å². The molecule has 0 spiro atoms. The minimum atomic E-state index is -0.340. The monoisotopic (exact) mass is 584 g/mol. The average Bonchev–Trinajstić information content (AvgIpc) is 3.13. The van der Waals surface area contributed by atoms with Gasteiger partial charge in [0.1, 0.15) is 5.69 Å². The zero-order valence-corrected chi connectivity index (χ0v) is 26.0. The Bertz CT molecular complexity index is 1790. The first-order chi connectivity index (χ1) is 20.3. The Kier molecular flexibility index (Phi) is 7.74. The fourth-order valence-corrected chi connectivity index (χ4v) is 5.36. The normalized spacial score (nSPS) is 17.4. The van der Waals surface area contributed by atoms with E-state index in [1.807, 2.05) is 63.8 Å². The van der Waals surface area contributed by atoms with E-state index in [9.17, 15) is 14.4 Å². The molecule has 0 saturated heterocycles. The van der Waals surface area contributed by atoms with Crippen LogP contribution in [0.4, 0.5) is 5.69 Å². The van der Waals surface area contributed by atoms with Gasteiger partial charge in [0.15, 0.2) is 17.9 Å². The number of fused-ring (bicyclic) bond motifs is 6. The number of methoxy groups -OCH3 is 1. The first-order valence-electron chi connectivity index (χ1n) is 14.0. The van der Waals surface area contributed by atoms with Gasteiger partial charge < -0.3 is 14.5 Å². The van der Waals surface area contributed by atoms with Crippen molar-refractivity contribution in [2.45, 2.75) is 54.3 Å². The molecule has 1 unspecified atom stereocenters. The summed E-state index contributed by atoms with van der Waals surface area (Å²) in [6, 6.07) is 7.68. The van der Waals surface area contributed by atoms with Crippen LogP contribution in [0.15, 0.2) is 39.3 Å². The van der Waals surface area contributed by atoms with Gasteiger partial charge in [0, 0.05) is 21.2 Å². The van der Waals surface area contributed by atoms with Gasteiger partial charge in [-0.3, -0.25) is 23.9 Å². The summed E-state index contributed by atoms with van der Waals surface area (Å²) in [6.07, 6.45) is -0.340. The molecule has 0 saturated carbocycles. The second-order valence-electron chi connectivity index (χ2n) is 11.3.